The molecule has 1 aliphatic rings. The fraction of sp³-hybridized carbons (Fsp3) is 0.588. The number of unbranched alkanes of at least 4 members (excludes halogenated alkanes) is 2. The topological polar surface area (TPSA) is 72.8 Å². The number of hydrogen-bond donors (Lipinski definition) is 1. The Bertz CT molecular complexity index is 545. The number of esters is 1. The molecule has 2 rings (SSSR count). The SMILES string of the molecule is CCCCCC(=O)OC1OCCC1P(=O)(O)Cc1ccccc1. The minimum Gasteiger partial charge on any atom is -0.435 e. The second kappa shape index (κ2) is 8.62. The third-order valence-electron chi connectivity index (χ3n) is 4.01. The van der Waals surface area contributed by atoms with Crippen LogP contribution in [0, 0.1) is 0 Å². The molecule has 0 aliphatic carbocycles. The molecule has 1 saturated heterocycles. The molecule has 0 amide bonds. The van der Waals surface area contributed by atoms with E-state index in [0.29, 0.717) is 19.4 Å². The molecule has 128 valence electrons. The largest absolute Gasteiger partial charge is 0.435 e. The third-order valence-corrected chi connectivity index (χ3v) is 6.37. The van der Waals surface area contributed by atoms with E-state index in [1.165, 1.54) is 0 Å². The highest BCUT2D eigenvalue weighted by Crippen LogP contribution is 2.54. The molecular formula is C17H25O5P. The third kappa shape index (κ3) is 5.45. The van der Waals surface area contributed by atoms with Crippen molar-refractivity contribution < 1.29 is 23.7 Å². The van der Waals surface area contributed by atoms with Crippen LogP contribution in [0.2, 0.25) is 0 Å². The van der Waals surface area contributed by atoms with E-state index in [4.69, 9.17) is 9.47 Å². The molecule has 1 heterocycles. The summed E-state index contributed by atoms with van der Waals surface area (Å²) in [7, 11) is -3.51. The van der Waals surface area contributed by atoms with E-state index in [1.807, 2.05) is 30.3 Å². The van der Waals surface area contributed by atoms with Gasteiger partial charge in [0.25, 0.3) is 0 Å². The predicted octanol–water partition coefficient (Wildman–Crippen LogP) is 3.70. The lowest BCUT2D eigenvalue weighted by Gasteiger charge is -2.23. The van der Waals surface area contributed by atoms with Crippen molar-refractivity contribution in [3.05, 3.63) is 35.9 Å². The Hall–Kier alpha value is -1.16. The smallest absolute Gasteiger partial charge is 0.308 e. The van der Waals surface area contributed by atoms with Crippen LogP contribution in [0.5, 0.6) is 0 Å². The van der Waals surface area contributed by atoms with E-state index in [1.54, 1.807) is 0 Å². The molecule has 3 unspecified atom stereocenters. The van der Waals surface area contributed by atoms with Crippen molar-refractivity contribution >= 4 is 13.3 Å². The number of rotatable bonds is 8. The summed E-state index contributed by atoms with van der Waals surface area (Å²) in [6, 6.07) is 9.19. The van der Waals surface area contributed by atoms with Gasteiger partial charge in [-0.05, 0) is 18.4 Å². The Morgan fingerprint density at radius 1 is 1.35 bits per heavy atom. The molecule has 0 spiro atoms. The summed E-state index contributed by atoms with van der Waals surface area (Å²) in [6.45, 7) is 2.41. The zero-order chi connectivity index (χ0) is 16.7. The predicted molar refractivity (Wildman–Crippen MR) is 88.4 cm³/mol. The van der Waals surface area contributed by atoms with Crippen LogP contribution in [0.1, 0.15) is 44.6 Å². The Morgan fingerprint density at radius 2 is 2.09 bits per heavy atom. The van der Waals surface area contributed by atoms with Crippen LogP contribution < -0.4 is 0 Å². The van der Waals surface area contributed by atoms with Crippen LogP contribution in [0.15, 0.2) is 30.3 Å². The monoisotopic (exact) mass is 340 g/mol. The van der Waals surface area contributed by atoms with E-state index in [-0.39, 0.29) is 12.1 Å². The van der Waals surface area contributed by atoms with Crippen LogP contribution in [0.25, 0.3) is 0 Å². The van der Waals surface area contributed by atoms with E-state index < -0.39 is 19.3 Å². The van der Waals surface area contributed by atoms with Crippen molar-refractivity contribution in [2.75, 3.05) is 6.61 Å². The molecule has 0 radical (unpaired) electrons. The first-order valence-electron chi connectivity index (χ1n) is 8.19. The van der Waals surface area contributed by atoms with Gasteiger partial charge in [0.2, 0.25) is 13.7 Å². The molecule has 1 fully saturated rings. The maximum absolute atomic E-state index is 12.7. The first kappa shape index (κ1) is 18.2. The summed E-state index contributed by atoms with van der Waals surface area (Å²) in [5, 5.41) is 0. The maximum Gasteiger partial charge on any atom is 0.308 e. The van der Waals surface area contributed by atoms with Crippen molar-refractivity contribution in [3.63, 3.8) is 0 Å². The zero-order valence-electron chi connectivity index (χ0n) is 13.5. The molecule has 0 bridgehead atoms. The van der Waals surface area contributed by atoms with Gasteiger partial charge in [-0.3, -0.25) is 9.36 Å². The molecule has 1 aromatic rings. The second-order valence-electron chi connectivity index (χ2n) is 5.94. The molecule has 6 heteroatoms. The lowest BCUT2D eigenvalue weighted by molar-refractivity contribution is -0.169. The van der Waals surface area contributed by atoms with Gasteiger partial charge in [0.05, 0.1) is 12.8 Å². The van der Waals surface area contributed by atoms with Gasteiger partial charge >= 0.3 is 5.97 Å². The van der Waals surface area contributed by atoms with Gasteiger partial charge in [-0.2, -0.15) is 0 Å². The highest BCUT2D eigenvalue weighted by atomic mass is 31.2. The van der Waals surface area contributed by atoms with Crippen molar-refractivity contribution in [2.24, 2.45) is 0 Å². The summed E-state index contributed by atoms with van der Waals surface area (Å²) in [5.41, 5.74) is 0.163. The lowest BCUT2D eigenvalue weighted by Crippen LogP contribution is -2.28. The Labute approximate surface area is 137 Å². The fourth-order valence-corrected chi connectivity index (χ4v) is 4.73. The molecule has 5 nitrogen and oxygen atoms in total. The van der Waals surface area contributed by atoms with E-state index in [9.17, 15) is 14.3 Å². The normalized spacial score (nSPS) is 23.4. The maximum atomic E-state index is 12.7. The summed E-state index contributed by atoms with van der Waals surface area (Å²) in [5.74, 6) is -0.352. The van der Waals surface area contributed by atoms with Gasteiger partial charge in [0.15, 0.2) is 0 Å². The molecule has 1 N–H and O–H groups in total. The Morgan fingerprint density at radius 3 is 2.78 bits per heavy atom. The molecular weight excluding hydrogens is 315 g/mol. The average Bonchev–Trinajstić information content (AvgIpc) is 2.97. The van der Waals surface area contributed by atoms with Crippen LogP contribution in [0.4, 0.5) is 0 Å². The molecule has 1 aliphatic heterocycles. The van der Waals surface area contributed by atoms with Gasteiger partial charge in [-0.15, -0.1) is 0 Å². The van der Waals surface area contributed by atoms with Crippen molar-refractivity contribution in [2.45, 2.75) is 57.1 Å². The first-order valence-corrected chi connectivity index (χ1v) is 10.1. The standard InChI is InChI=1S/C17H25O5P/c1-2-3-5-10-16(18)22-17-15(11-12-21-17)23(19,20)13-14-8-6-4-7-9-14/h4,6-9,15,17H,2-3,5,10-13H2,1H3,(H,19,20). The highest BCUT2D eigenvalue weighted by Gasteiger charge is 2.43. The molecule has 3 atom stereocenters. The summed E-state index contributed by atoms with van der Waals surface area (Å²) < 4.78 is 23.4. The molecule has 0 aromatic heterocycles. The van der Waals surface area contributed by atoms with Gasteiger partial charge < -0.3 is 14.4 Å². The van der Waals surface area contributed by atoms with E-state index >= 15 is 0 Å². The highest BCUT2D eigenvalue weighted by molar-refractivity contribution is 7.58. The van der Waals surface area contributed by atoms with Gasteiger partial charge in [0.1, 0.15) is 5.66 Å². The molecule has 0 saturated carbocycles. The van der Waals surface area contributed by atoms with Crippen LogP contribution in [-0.2, 0) is 25.0 Å². The van der Waals surface area contributed by atoms with Crippen molar-refractivity contribution in [3.8, 4) is 0 Å². The first-order chi connectivity index (χ1) is 11.0. The molecule has 23 heavy (non-hydrogen) atoms. The van der Waals surface area contributed by atoms with Gasteiger partial charge in [0, 0.05) is 6.42 Å². The number of carbonyl (C=O) groups excluding carboxylic acids is 1. The number of ether oxygens (including phenoxy) is 2. The fourth-order valence-electron chi connectivity index (χ4n) is 2.73. The van der Waals surface area contributed by atoms with Crippen LogP contribution in [0.3, 0.4) is 0 Å². The Kier molecular flexibility index (Phi) is 6.82. The van der Waals surface area contributed by atoms with E-state index in [0.717, 1.165) is 24.8 Å². The minimum atomic E-state index is -3.51. The number of carbonyl (C=O) groups is 1. The van der Waals surface area contributed by atoms with Crippen molar-refractivity contribution in [1.82, 2.24) is 0 Å². The average molecular weight is 340 g/mol. The second-order valence-corrected chi connectivity index (χ2v) is 8.43. The summed E-state index contributed by atoms with van der Waals surface area (Å²) in [6.07, 6.45) is 2.71. The number of hydrogen-bond acceptors (Lipinski definition) is 4. The van der Waals surface area contributed by atoms with Crippen LogP contribution in [-0.4, -0.2) is 29.4 Å². The number of benzene rings is 1. The summed E-state index contributed by atoms with van der Waals surface area (Å²) >= 11 is 0. The summed E-state index contributed by atoms with van der Waals surface area (Å²) in [4.78, 5) is 22.3. The quantitative estimate of drug-likeness (QED) is 0.444. The Balaban J connectivity index is 1.94. The zero-order valence-corrected chi connectivity index (χ0v) is 14.4. The van der Waals surface area contributed by atoms with Gasteiger partial charge in [-0.1, -0.05) is 50.1 Å². The van der Waals surface area contributed by atoms with Crippen molar-refractivity contribution in [1.29, 1.82) is 0 Å². The lowest BCUT2D eigenvalue weighted by atomic mass is 10.2. The van der Waals surface area contributed by atoms with E-state index in [2.05, 4.69) is 6.92 Å². The molecule has 1 aromatic carbocycles. The minimum absolute atomic E-state index is 0.0752. The van der Waals surface area contributed by atoms with Gasteiger partial charge in [-0.25, -0.2) is 0 Å². The van der Waals surface area contributed by atoms with Crippen LogP contribution >= 0.6 is 7.37 Å².